The first-order valence-electron chi connectivity index (χ1n) is 5.80. The molecule has 0 fully saturated rings. The van der Waals surface area contributed by atoms with E-state index in [4.69, 9.17) is 9.47 Å². The third kappa shape index (κ3) is 6.12. The SMILES string of the molecule is O=P([O-])(COc1ccccc1)COc1ccccc1.[Na+]. The summed E-state index contributed by atoms with van der Waals surface area (Å²) in [5.41, 5.74) is 0. The molecule has 2 aromatic rings. The van der Waals surface area contributed by atoms with Gasteiger partial charge in [-0.1, -0.05) is 36.4 Å². The fraction of sp³-hybridized carbons (Fsp3) is 0.143. The van der Waals surface area contributed by atoms with Crippen LogP contribution in [-0.4, -0.2) is 12.7 Å². The quantitative estimate of drug-likeness (QED) is 0.543. The van der Waals surface area contributed by atoms with Crippen LogP contribution in [0.5, 0.6) is 11.5 Å². The van der Waals surface area contributed by atoms with E-state index >= 15 is 0 Å². The Morgan fingerprint density at radius 1 is 0.800 bits per heavy atom. The van der Waals surface area contributed by atoms with Gasteiger partial charge in [0.1, 0.15) is 24.2 Å². The molecule has 0 saturated carbocycles. The first-order chi connectivity index (χ1) is 9.16. The van der Waals surface area contributed by atoms with E-state index in [2.05, 4.69) is 0 Å². The second kappa shape index (κ2) is 8.50. The Morgan fingerprint density at radius 3 is 1.50 bits per heavy atom. The average Bonchev–Trinajstić information content (AvgIpc) is 2.46. The fourth-order valence-corrected chi connectivity index (χ4v) is 2.18. The maximum absolute atomic E-state index is 11.8. The molecule has 2 aromatic carbocycles. The molecule has 4 nitrogen and oxygen atoms in total. The molecule has 100 valence electrons. The van der Waals surface area contributed by atoms with E-state index < -0.39 is 7.37 Å². The van der Waals surface area contributed by atoms with Gasteiger partial charge in [0.05, 0.1) is 7.37 Å². The molecule has 0 amide bonds. The Bertz CT molecular complexity index is 500. The van der Waals surface area contributed by atoms with Gasteiger partial charge in [0.25, 0.3) is 0 Å². The van der Waals surface area contributed by atoms with E-state index in [1.54, 1.807) is 48.5 Å². The minimum absolute atomic E-state index is 0. The van der Waals surface area contributed by atoms with E-state index in [9.17, 15) is 9.46 Å². The monoisotopic (exact) mass is 300 g/mol. The molecule has 0 radical (unpaired) electrons. The molecular weight excluding hydrogens is 286 g/mol. The zero-order chi connectivity index (χ0) is 13.6. The van der Waals surface area contributed by atoms with Crippen molar-refractivity contribution in [1.82, 2.24) is 0 Å². The summed E-state index contributed by atoms with van der Waals surface area (Å²) in [7, 11) is -3.72. The molecule has 0 bridgehead atoms. The first-order valence-corrected chi connectivity index (χ1v) is 7.80. The third-order valence-corrected chi connectivity index (χ3v) is 3.39. The van der Waals surface area contributed by atoms with E-state index in [1.165, 1.54) is 0 Å². The molecule has 0 aliphatic rings. The van der Waals surface area contributed by atoms with Crippen molar-refractivity contribution in [3.8, 4) is 11.5 Å². The largest absolute Gasteiger partial charge is 1.00 e. The minimum atomic E-state index is -3.72. The minimum Gasteiger partial charge on any atom is -0.795 e. The van der Waals surface area contributed by atoms with Crippen LogP contribution in [-0.2, 0) is 4.57 Å². The number of ether oxygens (including phenoxy) is 2. The van der Waals surface area contributed by atoms with E-state index in [0.29, 0.717) is 11.5 Å². The summed E-state index contributed by atoms with van der Waals surface area (Å²) in [6.07, 6.45) is -0.742. The van der Waals surface area contributed by atoms with Crippen molar-refractivity contribution in [2.24, 2.45) is 0 Å². The number of para-hydroxylation sites is 2. The normalized spacial score (nSPS) is 10.4. The van der Waals surface area contributed by atoms with Crippen LogP contribution in [0.1, 0.15) is 0 Å². The van der Waals surface area contributed by atoms with E-state index in [-0.39, 0.29) is 42.3 Å². The van der Waals surface area contributed by atoms with Crippen molar-refractivity contribution in [2.75, 3.05) is 12.7 Å². The zero-order valence-electron chi connectivity index (χ0n) is 11.3. The molecule has 0 aromatic heterocycles. The molecule has 2 rings (SSSR count). The summed E-state index contributed by atoms with van der Waals surface area (Å²) in [6.45, 7) is 0. The summed E-state index contributed by atoms with van der Waals surface area (Å²) < 4.78 is 22.2. The number of hydrogen-bond donors (Lipinski definition) is 0. The van der Waals surface area contributed by atoms with Gasteiger partial charge < -0.3 is 18.9 Å². The fourth-order valence-electron chi connectivity index (χ4n) is 1.42. The van der Waals surface area contributed by atoms with Crippen molar-refractivity contribution in [3.63, 3.8) is 0 Å². The predicted molar refractivity (Wildman–Crippen MR) is 71.5 cm³/mol. The number of hydrogen-bond acceptors (Lipinski definition) is 4. The molecule has 0 N–H and O–H groups in total. The Morgan fingerprint density at radius 2 is 1.15 bits per heavy atom. The Kier molecular flexibility index (Phi) is 7.35. The van der Waals surface area contributed by atoms with Gasteiger partial charge in [0, 0.05) is 0 Å². The predicted octanol–water partition coefficient (Wildman–Crippen LogP) is -0.298. The summed E-state index contributed by atoms with van der Waals surface area (Å²) in [6, 6.07) is 17.6. The van der Waals surface area contributed by atoms with Crippen LogP contribution in [0.15, 0.2) is 60.7 Å². The zero-order valence-corrected chi connectivity index (χ0v) is 14.2. The van der Waals surface area contributed by atoms with Crippen molar-refractivity contribution in [3.05, 3.63) is 60.7 Å². The van der Waals surface area contributed by atoms with Crippen LogP contribution in [0.2, 0.25) is 0 Å². The number of rotatable bonds is 6. The standard InChI is InChI=1S/C14H15O4P.Na/c15-19(16,11-17-13-7-3-1-4-8-13)12-18-14-9-5-2-6-10-14;/h1-10H,11-12H2,(H,15,16);/q;+1/p-1. The Hall–Kier alpha value is -0.770. The topological polar surface area (TPSA) is 58.6 Å². The average molecular weight is 300 g/mol. The summed E-state index contributed by atoms with van der Waals surface area (Å²) in [4.78, 5) is 11.8. The van der Waals surface area contributed by atoms with Crippen LogP contribution in [0.25, 0.3) is 0 Å². The molecule has 0 aliphatic heterocycles. The van der Waals surface area contributed by atoms with E-state index in [1.807, 2.05) is 12.1 Å². The molecule has 20 heavy (non-hydrogen) atoms. The summed E-state index contributed by atoms with van der Waals surface area (Å²) >= 11 is 0. The molecule has 6 heteroatoms. The smallest absolute Gasteiger partial charge is 0.795 e. The van der Waals surface area contributed by atoms with Crippen molar-refractivity contribution >= 4 is 7.37 Å². The second-order valence-corrected chi connectivity index (χ2v) is 6.13. The third-order valence-electron chi connectivity index (χ3n) is 2.34. The maximum atomic E-state index is 11.8. The molecule has 0 atom stereocenters. The van der Waals surface area contributed by atoms with Crippen LogP contribution in [0.4, 0.5) is 0 Å². The first kappa shape index (κ1) is 17.3. The molecular formula is C14H14NaO4P. The molecule has 0 heterocycles. The molecule has 0 saturated heterocycles. The molecule has 0 spiro atoms. The van der Waals surface area contributed by atoms with Gasteiger partial charge in [0.2, 0.25) is 0 Å². The van der Waals surface area contributed by atoms with Crippen LogP contribution >= 0.6 is 7.37 Å². The Balaban J connectivity index is 0.00000200. The summed E-state index contributed by atoms with van der Waals surface area (Å²) in [5.74, 6) is 1.05. The number of benzene rings is 2. The van der Waals surface area contributed by atoms with Crippen LogP contribution < -0.4 is 43.9 Å². The van der Waals surface area contributed by atoms with Gasteiger partial charge in [-0.05, 0) is 24.3 Å². The van der Waals surface area contributed by atoms with Crippen molar-refractivity contribution in [2.45, 2.75) is 0 Å². The molecule has 0 unspecified atom stereocenters. The van der Waals surface area contributed by atoms with Gasteiger partial charge in [-0.3, -0.25) is 0 Å². The second-order valence-electron chi connectivity index (χ2n) is 3.99. The van der Waals surface area contributed by atoms with E-state index in [0.717, 1.165) is 0 Å². The van der Waals surface area contributed by atoms with Gasteiger partial charge in [0.15, 0.2) is 0 Å². The van der Waals surface area contributed by atoms with Gasteiger partial charge in [-0.25, -0.2) is 0 Å². The maximum Gasteiger partial charge on any atom is 1.00 e. The molecule has 0 aliphatic carbocycles. The van der Waals surface area contributed by atoms with Gasteiger partial charge in [-0.2, -0.15) is 0 Å². The Labute approximate surface area is 140 Å². The van der Waals surface area contributed by atoms with Crippen molar-refractivity contribution in [1.29, 1.82) is 0 Å². The van der Waals surface area contributed by atoms with Gasteiger partial charge in [-0.15, -0.1) is 0 Å². The van der Waals surface area contributed by atoms with Crippen LogP contribution in [0.3, 0.4) is 0 Å². The van der Waals surface area contributed by atoms with Crippen molar-refractivity contribution < 1.29 is 48.5 Å². The van der Waals surface area contributed by atoms with Crippen LogP contribution in [0, 0.1) is 0 Å². The van der Waals surface area contributed by atoms with Gasteiger partial charge >= 0.3 is 29.6 Å². The summed E-state index contributed by atoms with van der Waals surface area (Å²) in [5, 5.41) is 0.